The molecule has 21 heavy (non-hydrogen) atoms. The van der Waals surface area contributed by atoms with Crippen LogP contribution < -0.4 is 0 Å². The maximum Gasteiger partial charge on any atom is 0.263 e. The monoisotopic (exact) mass is 308 g/mol. The van der Waals surface area contributed by atoms with Crippen LogP contribution in [0.1, 0.15) is 15.2 Å². The summed E-state index contributed by atoms with van der Waals surface area (Å²) in [4.78, 5) is 29.3. The molecule has 0 N–H and O–H groups in total. The first kappa shape index (κ1) is 14.5. The molecule has 1 aromatic rings. The lowest BCUT2D eigenvalue weighted by Crippen LogP contribution is -2.36. The first-order valence-electron chi connectivity index (χ1n) is 7.22. The summed E-state index contributed by atoms with van der Waals surface area (Å²) in [7, 11) is 1.64. The van der Waals surface area contributed by atoms with Gasteiger partial charge in [-0.15, -0.1) is 11.3 Å². The van der Waals surface area contributed by atoms with E-state index in [-0.39, 0.29) is 23.7 Å². The molecule has 0 bridgehead atoms. The Kier molecular flexibility index (Phi) is 3.99. The Hall–Kier alpha value is -1.40. The van der Waals surface area contributed by atoms with E-state index in [4.69, 9.17) is 4.74 Å². The molecular formula is C15H20N2O3S. The summed E-state index contributed by atoms with van der Waals surface area (Å²) in [5, 5.41) is 1.99. The van der Waals surface area contributed by atoms with Crippen molar-refractivity contribution in [2.75, 3.05) is 39.9 Å². The van der Waals surface area contributed by atoms with Crippen LogP contribution in [-0.4, -0.2) is 61.5 Å². The molecule has 2 aliphatic rings. The van der Waals surface area contributed by atoms with E-state index in [1.165, 1.54) is 11.3 Å². The van der Waals surface area contributed by atoms with Crippen molar-refractivity contribution < 1.29 is 14.3 Å². The first-order valence-corrected chi connectivity index (χ1v) is 8.10. The SMILES string of the molecule is COCCN1C[C@@H]2CN(C(=O)c3cc(C)cs3)C[C@@H]2C1=O. The smallest absolute Gasteiger partial charge is 0.263 e. The summed E-state index contributed by atoms with van der Waals surface area (Å²) >= 11 is 1.48. The zero-order chi connectivity index (χ0) is 15.0. The third kappa shape index (κ3) is 2.70. The summed E-state index contributed by atoms with van der Waals surface area (Å²) in [6.07, 6.45) is 0. The molecule has 1 aromatic heterocycles. The summed E-state index contributed by atoms with van der Waals surface area (Å²) in [6, 6.07) is 1.92. The molecular weight excluding hydrogens is 288 g/mol. The summed E-state index contributed by atoms with van der Waals surface area (Å²) in [5.74, 6) is 0.500. The van der Waals surface area contributed by atoms with E-state index < -0.39 is 0 Å². The van der Waals surface area contributed by atoms with Gasteiger partial charge in [-0.25, -0.2) is 0 Å². The molecule has 2 aliphatic heterocycles. The fourth-order valence-corrected chi connectivity index (χ4v) is 4.08. The zero-order valence-electron chi connectivity index (χ0n) is 12.4. The second-order valence-corrected chi connectivity index (χ2v) is 6.75. The predicted molar refractivity (Wildman–Crippen MR) is 80.4 cm³/mol. The van der Waals surface area contributed by atoms with Gasteiger partial charge in [0.1, 0.15) is 0 Å². The van der Waals surface area contributed by atoms with Crippen molar-refractivity contribution >= 4 is 23.2 Å². The second kappa shape index (κ2) is 5.77. The van der Waals surface area contributed by atoms with E-state index in [0.29, 0.717) is 26.2 Å². The number of carbonyl (C=O) groups is 2. The lowest BCUT2D eigenvalue weighted by molar-refractivity contribution is -0.131. The maximum absolute atomic E-state index is 12.4. The van der Waals surface area contributed by atoms with Crippen molar-refractivity contribution in [3.63, 3.8) is 0 Å². The Morgan fingerprint density at radius 3 is 2.86 bits per heavy atom. The molecule has 0 aliphatic carbocycles. The van der Waals surface area contributed by atoms with Gasteiger partial charge in [-0.2, -0.15) is 0 Å². The number of thiophene rings is 1. The first-order chi connectivity index (χ1) is 10.1. The lowest BCUT2D eigenvalue weighted by Gasteiger charge is -2.21. The Morgan fingerprint density at radius 2 is 2.24 bits per heavy atom. The minimum absolute atomic E-state index is 0.0214. The summed E-state index contributed by atoms with van der Waals surface area (Å²) in [5.41, 5.74) is 1.12. The molecule has 0 radical (unpaired) electrons. The van der Waals surface area contributed by atoms with Gasteiger partial charge in [0.15, 0.2) is 0 Å². The number of nitrogens with zero attached hydrogens (tertiary/aromatic N) is 2. The molecule has 2 atom stereocenters. The van der Waals surface area contributed by atoms with Crippen molar-refractivity contribution in [3.8, 4) is 0 Å². The average molecular weight is 308 g/mol. The quantitative estimate of drug-likeness (QED) is 0.841. The number of hydrogen-bond donors (Lipinski definition) is 0. The average Bonchev–Trinajstić information content (AvgIpc) is 3.13. The second-order valence-electron chi connectivity index (χ2n) is 5.84. The van der Waals surface area contributed by atoms with Gasteiger partial charge in [-0.05, 0) is 23.9 Å². The molecule has 2 saturated heterocycles. The highest BCUT2D eigenvalue weighted by Crippen LogP contribution is 2.33. The standard InChI is InChI=1S/C15H20N2O3S/c1-10-5-13(21-9-10)15(19)17-7-11-6-16(3-4-20-2)14(18)12(11)8-17/h5,9,11-12H,3-4,6-8H2,1-2H3/t11-,12+/m1/s1. The molecule has 0 saturated carbocycles. The van der Waals surface area contributed by atoms with Gasteiger partial charge in [0.25, 0.3) is 5.91 Å². The number of ether oxygens (including phenoxy) is 1. The number of methoxy groups -OCH3 is 1. The van der Waals surface area contributed by atoms with Gasteiger partial charge >= 0.3 is 0 Å². The lowest BCUT2D eigenvalue weighted by atomic mass is 10.0. The van der Waals surface area contributed by atoms with Gasteiger partial charge in [0.2, 0.25) is 5.91 Å². The fourth-order valence-electron chi connectivity index (χ4n) is 3.21. The molecule has 0 unspecified atom stereocenters. The van der Waals surface area contributed by atoms with Crippen molar-refractivity contribution in [3.05, 3.63) is 21.9 Å². The number of likely N-dealkylation sites (tertiary alicyclic amines) is 2. The Balaban J connectivity index is 1.63. The topological polar surface area (TPSA) is 49.9 Å². The van der Waals surface area contributed by atoms with Crippen LogP contribution in [0.4, 0.5) is 0 Å². The normalized spacial score (nSPS) is 24.8. The minimum Gasteiger partial charge on any atom is -0.383 e. The van der Waals surface area contributed by atoms with Crippen LogP contribution >= 0.6 is 11.3 Å². The molecule has 6 heteroatoms. The van der Waals surface area contributed by atoms with E-state index in [1.54, 1.807) is 7.11 Å². The molecule has 114 valence electrons. The molecule has 5 nitrogen and oxygen atoms in total. The van der Waals surface area contributed by atoms with Gasteiger partial charge < -0.3 is 14.5 Å². The largest absolute Gasteiger partial charge is 0.383 e. The van der Waals surface area contributed by atoms with Crippen LogP contribution in [0.2, 0.25) is 0 Å². The number of fused-ring (bicyclic) bond motifs is 1. The maximum atomic E-state index is 12.4. The molecule has 2 amide bonds. The van der Waals surface area contributed by atoms with Crippen LogP contribution in [-0.2, 0) is 9.53 Å². The summed E-state index contributed by atoms with van der Waals surface area (Å²) < 4.78 is 5.04. The van der Waals surface area contributed by atoms with Crippen LogP contribution in [0.3, 0.4) is 0 Å². The van der Waals surface area contributed by atoms with Crippen molar-refractivity contribution in [2.45, 2.75) is 6.92 Å². The molecule has 0 spiro atoms. The van der Waals surface area contributed by atoms with Crippen LogP contribution in [0.15, 0.2) is 11.4 Å². The number of carbonyl (C=O) groups excluding carboxylic acids is 2. The molecule has 2 fully saturated rings. The highest BCUT2D eigenvalue weighted by molar-refractivity contribution is 7.12. The van der Waals surface area contributed by atoms with E-state index in [0.717, 1.165) is 17.0 Å². The van der Waals surface area contributed by atoms with E-state index >= 15 is 0 Å². The number of rotatable bonds is 4. The van der Waals surface area contributed by atoms with Crippen molar-refractivity contribution in [2.24, 2.45) is 11.8 Å². The number of amides is 2. The van der Waals surface area contributed by atoms with Crippen LogP contribution in [0.5, 0.6) is 0 Å². The Morgan fingerprint density at radius 1 is 1.43 bits per heavy atom. The van der Waals surface area contributed by atoms with Gasteiger partial charge in [0, 0.05) is 39.2 Å². The highest BCUT2D eigenvalue weighted by Gasteiger charge is 2.47. The third-order valence-electron chi connectivity index (χ3n) is 4.32. The third-order valence-corrected chi connectivity index (χ3v) is 5.35. The molecule has 3 rings (SSSR count). The number of aryl methyl sites for hydroxylation is 1. The van der Waals surface area contributed by atoms with E-state index in [1.807, 2.05) is 28.2 Å². The molecule has 3 heterocycles. The molecule has 0 aromatic carbocycles. The fraction of sp³-hybridized carbons (Fsp3) is 0.600. The van der Waals surface area contributed by atoms with Crippen molar-refractivity contribution in [1.82, 2.24) is 9.80 Å². The van der Waals surface area contributed by atoms with E-state index in [9.17, 15) is 9.59 Å². The number of hydrogen-bond acceptors (Lipinski definition) is 4. The van der Waals surface area contributed by atoms with Crippen molar-refractivity contribution in [1.29, 1.82) is 0 Å². The van der Waals surface area contributed by atoms with Gasteiger partial charge in [0.05, 0.1) is 17.4 Å². The minimum atomic E-state index is -0.0214. The zero-order valence-corrected chi connectivity index (χ0v) is 13.2. The Labute approximate surface area is 128 Å². The highest BCUT2D eigenvalue weighted by atomic mass is 32.1. The van der Waals surface area contributed by atoms with Crippen LogP contribution in [0.25, 0.3) is 0 Å². The summed E-state index contributed by atoms with van der Waals surface area (Å²) in [6.45, 7) is 5.21. The Bertz CT molecular complexity index is 557. The van der Waals surface area contributed by atoms with Crippen LogP contribution in [0, 0.1) is 18.8 Å². The van der Waals surface area contributed by atoms with Gasteiger partial charge in [-0.1, -0.05) is 0 Å². The van der Waals surface area contributed by atoms with Gasteiger partial charge in [-0.3, -0.25) is 9.59 Å². The predicted octanol–water partition coefficient (Wildman–Crippen LogP) is 1.23. The van der Waals surface area contributed by atoms with E-state index in [2.05, 4.69) is 0 Å².